The van der Waals surface area contributed by atoms with Crippen LogP contribution in [0.15, 0.2) is 40.1 Å². The van der Waals surface area contributed by atoms with Crippen molar-refractivity contribution >= 4 is 17.4 Å². The number of imidazole rings is 1. The number of aryl methyl sites for hydroxylation is 1. The number of hydrogen-bond acceptors (Lipinski definition) is 5. The Labute approximate surface area is 143 Å². The highest BCUT2D eigenvalue weighted by molar-refractivity contribution is 5.92. The topological polar surface area (TPSA) is 110 Å². The summed E-state index contributed by atoms with van der Waals surface area (Å²) in [7, 11) is 1.44. The number of amides is 1. The predicted molar refractivity (Wildman–Crippen MR) is 86.5 cm³/mol. The monoisotopic (exact) mass is 365 g/mol. The van der Waals surface area contributed by atoms with Crippen molar-refractivity contribution in [2.24, 2.45) is 7.05 Å². The minimum atomic E-state index is -2.93. The minimum Gasteiger partial charge on any atom is -0.435 e. The summed E-state index contributed by atoms with van der Waals surface area (Å²) in [6.45, 7) is -2.93. The number of nitrogens with zero attached hydrogens (tertiary/aromatic N) is 3. The summed E-state index contributed by atoms with van der Waals surface area (Å²) in [5.41, 5.74) is -0.661. The first kappa shape index (κ1) is 17.3. The van der Waals surface area contributed by atoms with Gasteiger partial charge in [0.05, 0.1) is 18.3 Å². The number of benzene rings is 1. The Morgan fingerprint density at radius 2 is 1.96 bits per heavy atom. The van der Waals surface area contributed by atoms with Crippen molar-refractivity contribution in [3.05, 3.63) is 57.1 Å². The van der Waals surface area contributed by atoms with Gasteiger partial charge in [0.15, 0.2) is 0 Å². The number of ether oxygens (including phenoxy) is 1. The zero-order valence-corrected chi connectivity index (χ0v) is 13.4. The molecule has 0 saturated heterocycles. The van der Waals surface area contributed by atoms with E-state index in [1.165, 1.54) is 37.5 Å². The molecule has 0 radical (unpaired) electrons. The lowest BCUT2D eigenvalue weighted by molar-refractivity contribution is -0.115. The molecule has 0 atom stereocenters. The van der Waals surface area contributed by atoms with Gasteiger partial charge in [0, 0.05) is 12.7 Å². The molecular formula is C15H13F2N5O4. The maximum Gasteiger partial charge on any atom is 0.387 e. The Hall–Kier alpha value is -3.50. The standard InChI is InChI=1S/C15H13F2N5O4/c1-21-13-18-7-9(22(13)15(25)20-14(21)24)6-11(23)19-8-2-4-10(5-3-8)26-12(16)17/h2-5,7,12H,6H2,1H3,(H,19,23)(H,20,24,25). The molecule has 0 fully saturated rings. The Kier molecular flexibility index (Phi) is 4.52. The van der Waals surface area contributed by atoms with Crippen molar-refractivity contribution in [2.75, 3.05) is 5.32 Å². The van der Waals surface area contributed by atoms with E-state index in [1.54, 1.807) is 0 Å². The van der Waals surface area contributed by atoms with E-state index in [9.17, 15) is 23.2 Å². The second-order valence-corrected chi connectivity index (χ2v) is 5.31. The molecule has 0 bridgehead atoms. The molecule has 11 heteroatoms. The van der Waals surface area contributed by atoms with Gasteiger partial charge in [-0.1, -0.05) is 0 Å². The Bertz CT molecular complexity index is 1070. The van der Waals surface area contributed by atoms with Gasteiger partial charge in [-0.15, -0.1) is 0 Å². The van der Waals surface area contributed by atoms with E-state index < -0.39 is 23.9 Å². The van der Waals surface area contributed by atoms with Gasteiger partial charge in [0.25, 0.3) is 0 Å². The first-order valence-corrected chi connectivity index (χ1v) is 7.35. The third kappa shape index (κ3) is 3.45. The molecule has 3 rings (SSSR count). The van der Waals surface area contributed by atoms with Crippen LogP contribution in [0.2, 0.25) is 0 Å². The number of carbonyl (C=O) groups is 1. The number of fused-ring (bicyclic) bond motifs is 1. The van der Waals surface area contributed by atoms with Gasteiger partial charge in [0.2, 0.25) is 11.7 Å². The van der Waals surface area contributed by atoms with E-state index in [1.807, 2.05) is 0 Å². The van der Waals surface area contributed by atoms with E-state index in [4.69, 9.17) is 0 Å². The van der Waals surface area contributed by atoms with Crippen LogP contribution in [0, 0.1) is 0 Å². The summed E-state index contributed by atoms with van der Waals surface area (Å²) in [5.74, 6) is -0.384. The van der Waals surface area contributed by atoms with Crippen molar-refractivity contribution in [3.8, 4) is 5.75 Å². The van der Waals surface area contributed by atoms with Crippen molar-refractivity contribution in [2.45, 2.75) is 13.0 Å². The van der Waals surface area contributed by atoms with Crippen LogP contribution in [0.25, 0.3) is 5.78 Å². The fourth-order valence-electron chi connectivity index (χ4n) is 2.37. The number of rotatable bonds is 5. The van der Waals surface area contributed by atoms with Gasteiger partial charge in [-0.2, -0.15) is 8.78 Å². The van der Waals surface area contributed by atoms with Crippen LogP contribution in [-0.4, -0.2) is 31.5 Å². The number of aromatic amines is 1. The lowest BCUT2D eigenvalue weighted by atomic mass is 10.2. The summed E-state index contributed by atoms with van der Waals surface area (Å²) in [4.78, 5) is 41.7. The lowest BCUT2D eigenvalue weighted by Crippen LogP contribution is -2.34. The number of H-pyrrole nitrogens is 1. The molecule has 3 aromatic rings. The second kappa shape index (κ2) is 6.78. The van der Waals surface area contributed by atoms with E-state index in [0.717, 1.165) is 8.97 Å². The van der Waals surface area contributed by atoms with Crippen LogP contribution >= 0.6 is 0 Å². The minimum absolute atomic E-state index is 0.0350. The number of nitrogens with one attached hydrogen (secondary N) is 2. The van der Waals surface area contributed by atoms with Gasteiger partial charge < -0.3 is 10.1 Å². The zero-order chi connectivity index (χ0) is 18.8. The van der Waals surface area contributed by atoms with E-state index >= 15 is 0 Å². The first-order chi connectivity index (χ1) is 12.3. The van der Waals surface area contributed by atoms with Crippen molar-refractivity contribution in [1.29, 1.82) is 0 Å². The average Bonchev–Trinajstić information content (AvgIpc) is 2.98. The predicted octanol–water partition coefficient (Wildman–Crippen LogP) is 0.504. The third-order valence-corrected chi connectivity index (χ3v) is 3.54. The fraction of sp³-hybridized carbons (Fsp3) is 0.200. The number of halogens is 2. The molecule has 0 aliphatic heterocycles. The summed E-state index contributed by atoms with van der Waals surface area (Å²) < 4.78 is 30.7. The molecule has 2 N–H and O–H groups in total. The molecular weight excluding hydrogens is 352 g/mol. The number of carbonyl (C=O) groups excluding carboxylic acids is 1. The number of aromatic nitrogens is 4. The van der Waals surface area contributed by atoms with Crippen molar-refractivity contribution < 1.29 is 18.3 Å². The molecule has 0 aliphatic rings. The van der Waals surface area contributed by atoms with Gasteiger partial charge in [-0.3, -0.25) is 14.3 Å². The molecule has 1 aromatic carbocycles. The van der Waals surface area contributed by atoms with Crippen LogP contribution in [0.5, 0.6) is 5.75 Å². The summed E-state index contributed by atoms with van der Waals surface area (Å²) in [6, 6.07) is 5.38. The van der Waals surface area contributed by atoms with Gasteiger partial charge in [-0.05, 0) is 24.3 Å². The molecule has 136 valence electrons. The molecule has 2 heterocycles. The molecule has 0 spiro atoms. The SMILES string of the molecule is Cn1c(=O)[nH]c(=O)n2c(CC(=O)Nc3ccc(OC(F)F)cc3)cnc12. The first-order valence-electron chi connectivity index (χ1n) is 7.35. The zero-order valence-electron chi connectivity index (χ0n) is 13.4. The van der Waals surface area contributed by atoms with Gasteiger partial charge >= 0.3 is 18.0 Å². The third-order valence-electron chi connectivity index (χ3n) is 3.54. The van der Waals surface area contributed by atoms with Gasteiger partial charge in [0.1, 0.15) is 5.75 Å². The van der Waals surface area contributed by atoms with Crippen LogP contribution < -0.4 is 21.4 Å². The molecule has 26 heavy (non-hydrogen) atoms. The largest absolute Gasteiger partial charge is 0.435 e. The van der Waals surface area contributed by atoms with Crippen molar-refractivity contribution in [3.63, 3.8) is 0 Å². The van der Waals surface area contributed by atoms with Crippen LogP contribution in [-0.2, 0) is 18.3 Å². The summed E-state index contributed by atoms with van der Waals surface area (Å²) in [5, 5.41) is 2.57. The molecule has 0 unspecified atom stereocenters. The lowest BCUT2D eigenvalue weighted by Gasteiger charge is -2.07. The molecule has 2 aromatic heterocycles. The van der Waals surface area contributed by atoms with Crippen LogP contribution in [0.1, 0.15) is 5.69 Å². The number of hydrogen-bond donors (Lipinski definition) is 2. The maximum absolute atomic E-state index is 12.2. The van der Waals surface area contributed by atoms with E-state index in [2.05, 4.69) is 20.0 Å². The van der Waals surface area contributed by atoms with Crippen molar-refractivity contribution in [1.82, 2.24) is 18.9 Å². The van der Waals surface area contributed by atoms with Gasteiger partial charge in [-0.25, -0.2) is 19.0 Å². The van der Waals surface area contributed by atoms with E-state index in [0.29, 0.717) is 5.69 Å². The smallest absolute Gasteiger partial charge is 0.387 e. The van der Waals surface area contributed by atoms with Crippen LogP contribution in [0.3, 0.4) is 0 Å². The summed E-state index contributed by atoms with van der Waals surface area (Å²) >= 11 is 0. The normalized spacial score (nSPS) is 11.1. The highest BCUT2D eigenvalue weighted by Crippen LogP contribution is 2.18. The van der Waals surface area contributed by atoms with E-state index in [-0.39, 0.29) is 23.6 Å². The quantitative estimate of drug-likeness (QED) is 0.684. The number of anilines is 1. The highest BCUT2D eigenvalue weighted by Gasteiger charge is 2.14. The molecule has 1 amide bonds. The molecule has 0 aliphatic carbocycles. The molecule has 0 saturated carbocycles. The van der Waals surface area contributed by atoms with Crippen LogP contribution in [0.4, 0.5) is 14.5 Å². The average molecular weight is 365 g/mol. The maximum atomic E-state index is 12.2. The fourth-order valence-corrected chi connectivity index (χ4v) is 2.37. The second-order valence-electron chi connectivity index (χ2n) is 5.31. The summed E-state index contributed by atoms with van der Waals surface area (Å²) in [6.07, 6.45) is 1.14. The Balaban J connectivity index is 1.77. The molecule has 9 nitrogen and oxygen atoms in total. The highest BCUT2D eigenvalue weighted by atomic mass is 19.3. The Morgan fingerprint density at radius 1 is 1.27 bits per heavy atom. The Morgan fingerprint density at radius 3 is 2.62 bits per heavy atom. The number of alkyl halides is 2.